The number of rotatable bonds is 6. The Morgan fingerprint density at radius 3 is 2.65 bits per heavy atom. The van der Waals surface area contributed by atoms with Crippen LogP contribution in [0.4, 0.5) is 0 Å². The maximum Gasteiger partial charge on any atom is 0.134 e. The molecule has 0 saturated heterocycles. The zero-order valence-corrected chi connectivity index (χ0v) is 14.6. The Labute approximate surface area is 135 Å². The first-order chi connectivity index (χ1) is 9.55. The van der Waals surface area contributed by atoms with Crippen molar-refractivity contribution in [3.05, 3.63) is 29.5 Å². The molecule has 1 heterocycles. The Bertz CT molecular complexity index is 539. The predicted molar refractivity (Wildman–Crippen MR) is 95.3 cm³/mol. The van der Waals surface area contributed by atoms with Gasteiger partial charge >= 0.3 is 0 Å². The Kier molecular flexibility index (Phi) is 5.78. The Morgan fingerprint density at radius 2 is 2.05 bits per heavy atom. The van der Waals surface area contributed by atoms with Gasteiger partial charge in [0.2, 0.25) is 0 Å². The van der Waals surface area contributed by atoms with Crippen LogP contribution in [0.2, 0.25) is 0 Å². The lowest BCUT2D eigenvalue weighted by molar-refractivity contribution is 0.511. The Hall–Kier alpha value is -0.230. The minimum absolute atomic E-state index is 0.0713. The van der Waals surface area contributed by atoms with Gasteiger partial charge in [-0.3, -0.25) is 0 Å². The third-order valence-electron chi connectivity index (χ3n) is 3.25. The molecule has 0 aliphatic rings. The van der Waals surface area contributed by atoms with E-state index in [4.69, 9.17) is 4.42 Å². The number of thiol groups is 2. The van der Waals surface area contributed by atoms with E-state index in [1.165, 1.54) is 21.3 Å². The van der Waals surface area contributed by atoms with E-state index in [1.807, 2.05) is 0 Å². The first kappa shape index (κ1) is 16.1. The van der Waals surface area contributed by atoms with Crippen LogP contribution in [0.25, 0.3) is 11.0 Å². The van der Waals surface area contributed by atoms with Gasteiger partial charge in [-0.2, -0.15) is 12.6 Å². The molecule has 2 rings (SSSR count). The molecule has 0 bridgehead atoms. The summed E-state index contributed by atoms with van der Waals surface area (Å²) >= 11 is 8.95. The molecule has 1 unspecified atom stereocenters. The van der Waals surface area contributed by atoms with Crippen LogP contribution in [0, 0.1) is 0 Å². The SMILES string of the molecule is CCc1cc2oc(C(S)CNC(C)C)cc2cc1SS. The quantitative estimate of drug-likeness (QED) is 0.520. The fraction of sp³-hybridized carbons (Fsp3) is 0.467. The van der Waals surface area contributed by atoms with Crippen LogP contribution in [0.3, 0.4) is 0 Å². The third kappa shape index (κ3) is 3.70. The van der Waals surface area contributed by atoms with Crippen LogP contribution in [0.1, 0.15) is 37.3 Å². The monoisotopic (exact) mass is 327 g/mol. The number of hydrogen-bond acceptors (Lipinski definition) is 5. The molecule has 0 saturated carbocycles. The molecule has 2 nitrogen and oxygen atoms in total. The van der Waals surface area contributed by atoms with Crippen LogP contribution in [0.5, 0.6) is 0 Å². The summed E-state index contributed by atoms with van der Waals surface area (Å²) in [5, 5.41) is 4.57. The van der Waals surface area contributed by atoms with Crippen LogP contribution in [0.15, 0.2) is 27.5 Å². The summed E-state index contributed by atoms with van der Waals surface area (Å²) in [4.78, 5) is 1.20. The minimum Gasteiger partial charge on any atom is -0.460 e. The molecule has 0 radical (unpaired) electrons. The van der Waals surface area contributed by atoms with Gasteiger partial charge in [0.1, 0.15) is 11.3 Å². The van der Waals surface area contributed by atoms with E-state index in [0.717, 1.165) is 29.7 Å². The predicted octanol–water partition coefficient (Wildman–Crippen LogP) is 4.90. The van der Waals surface area contributed by atoms with Gasteiger partial charge in [-0.05, 0) is 30.2 Å². The smallest absolute Gasteiger partial charge is 0.134 e. The van der Waals surface area contributed by atoms with Crippen molar-refractivity contribution in [1.29, 1.82) is 0 Å². The highest BCUT2D eigenvalue weighted by molar-refractivity contribution is 8.68. The third-order valence-corrected chi connectivity index (χ3v) is 4.85. The molecule has 0 aliphatic heterocycles. The van der Waals surface area contributed by atoms with E-state index in [1.54, 1.807) is 0 Å². The maximum atomic E-state index is 5.95. The average molecular weight is 328 g/mol. The highest BCUT2D eigenvalue weighted by atomic mass is 33.1. The van der Waals surface area contributed by atoms with Gasteiger partial charge in [0.05, 0.1) is 5.25 Å². The molecular formula is C15H21NOS3. The average Bonchev–Trinajstić information content (AvgIpc) is 2.85. The number of benzene rings is 1. The van der Waals surface area contributed by atoms with Gasteiger partial charge in [0.25, 0.3) is 0 Å². The molecule has 0 fully saturated rings. The summed E-state index contributed by atoms with van der Waals surface area (Å²) in [5.41, 5.74) is 2.21. The van der Waals surface area contributed by atoms with Crippen molar-refractivity contribution in [2.45, 2.75) is 43.4 Å². The van der Waals surface area contributed by atoms with Crippen molar-refractivity contribution < 1.29 is 4.42 Å². The summed E-state index contributed by atoms with van der Waals surface area (Å²) in [7, 11) is 1.49. The van der Waals surface area contributed by atoms with Crippen LogP contribution >= 0.6 is 35.1 Å². The van der Waals surface area contributed by atoms with Crippen molar-refractivity contribution in [3.63, 3.8) is 0 Å². The van der Waals surface area contributed by atoms with E-state index in [2.05, 4.69) is 68.6 Å². The van der Waals surface area contributed by atoms with E-state index >= 15 is 0 Å². The summed E-state index contributed by atoms with van der Waals surface area (Å²) in [5.74, 6) is 0.917. The Morgan fingerprint density at radius 1 is 1.30 bits per heavy atom. The second kappa shape index (κ2) is 7.16. The lowest BCUT2D eigenvalue weighted by Crippen LogP contribution is -2.26. The van der Waals surface area contributed by atoms with Gasteiger partial charge in [0.15, 0.2) is 0 Å². The number of hydrogen-bond donors (Lipinski definition) is 3. The highest BCUT2D eigenvalue weighted by Crippen LogP contribution is 2.34. The second-order valence-electron chi connectivity index (χ2n) is 5.17. The molecule has 1 atom stereocenters. The first-order valence-corrected chi connectivity index (χ1v) is 9.22. The zero-order chi connectivity index (χ0) is 14.7. The molecule has 1 N–H and O–H groups in total. The van der Waals surface area contributed by atoms with Crippen molar-refractivity contribution in [3.8, 4) is 0 Å². The Balaban J connectivity index is 2.28. The van der Waals surface area contributed by atoms with Crippen molar-refractivity contribution >= 4 is 46.1 Å². The lowest BCUT2D eigenvalue weighted by atomic mass is 10.1. The number of fused-ring (bicyclic) bond motifs is 1. The maximum absolute atomic E-state index is 5.95. The summed E-state index contributed by atoms with van der Waals surface area (Å²) in [6.45, 7) is 7.20. The molecule has 0 aliphatic carbocycles. The van der Waals surface area contributed by atoms with Gasteiger partial charge in [-0.1, -0.05) is 31.6 Å². The first-order valence-electron chi connectivity index (χ1n) is 6.84. The lowest BCUT2D eigenvalue weighted by Gasteiger charge is -2.11. The number of aryl methyl sites for hydroxylation is 1. The van der Waals surface area contributed by atoms with E-state index in [-0.39, 0.29) is 5.25 Å². The summed E-state index contributed by atoms with van der Waals surface area (Å²) < 4.78 is 5.95. The van der Waals surface area contributed by atoms with Crippen LogP contribution in [-0.2, 0) is 6.42 Å². The van der Waals surface area contributed by atoms with Crippen molar-refractivity contribution in [2.24, 2.45) is 0 Å². The van der Waals surface area contributed by atoms with E-state index < -0.39 is 0 Å². The summed E-state index contributed by atoms with van der Waals surface area (Å²) in [6.07, 6.45) is 0.980. The van der Waals surface area contributed by atoms with Crippen molar-refractivity contribution in [1.82, 2.24) is 5.32 Å². The molecule has 1 aromatic carbocycles. The number of furan rings is 1. The topological polar surface area (TPSA) is 25.2 Å². The molecule has 0 amide bonds. The molecule has 0 spiro atoms. The van der Waals surface area contributed by atoms with Crippen LogP contribution < -0.4 is 5.32 Å². The molecule has 1 aromatic heterocycles. The molecule has 2 aromatic rings. The van der Waals surface area contributed by atoms with E-state index in [0.29, 0.717) is 6.04 Å². The minimum atomic E-state index is 0.0713. The summed E-state index contributed by atoms with van der Waals surface area (Å²) in [6, 6.07) is 6.80. The fourth-order valence-corrected chi connectivity index (χ4v) is 3.34. The van der Waals surface area contributed by atoms with Gasteiger partial charge < -0.3 is 9.73 Å². The zero-order valence-electron chi connectivity index (χ0n) is 12.0. The largest absolute Gasteiger partial charge is 0.460 e. The van der Waals surface area contributed by atoms with Gasteiger partial charge in [-0.15, -0.1) is 11.7 Å². The second-order valence-corrected chi connectivity index (χ2v) is 6.96. The standard InChI is InChI=1S/C15H21NOS3/c1-4-10-5-12-11(7-15(10)20-19)6-13(17-12)14(18)8-16-9(2)3/h5-7,9,14,16,18-19H,4,8H2,1-3H3. The van der Waals surface area contributed by atoms with Crippen LogP contribution in [-0.4, -0.2) is 12.6 Å². The normalized spacial score (nSPS) is 13.3. The molecule has 110 valence electrons. The molecular weight excluding hydrogens is 306 g/mol. The van der Waals surface area contributed by atoms with Gasteiger partial charge in [0, 0.05) is 22.9 Å². The van der Waals surface area contributed by atoms with E-state index in [9.17, 15) is 0 Å². The number of nitrogens with one attached hydrogen (secondary N) is 1. The molecule has 20 heavy (non-hydrogen) atoms. The van der Waals surface area contributed by atoms with Crippen molar-refractivity contribution in [2.75, 3.05) is 6.54 Å². The highest BCUT2D eigenvalue weighted by Gasteiger charge is 2.14. The van der Waals surface area contributed by atoms with Gasteiger partial charge in [-0.25, -0.2) is 0 Å². The fourth-order valence-electron chi connectivity index (χ4n) is 2.10. The molecule has 5 heteroatoms.